The summed E-state index contributed by atoms with van der Waals surface area (Å²) in [5.41, 5.74) is -1.39. The first-order valence-corrected chi connectivity index (χ1v) is 9.55. The van der Waals surface area contributed by atoms with E-state index in [1.54, 1.807) is 6.07 Å². The second-order valence-electron chi connectivity index (χ2n) is 8.63. The molecule has 2 aromatic carbocycles. The summed E-state index contributed by atoms with van der Waals surface area (Å²) < 4.78 is 40.8. The quantitative estimate of drug-likeness (QED) is 0.590. The second-order valence-corrected chi connectivity index (χ2v) is 8.63. The zero-order valence-corrected chi connectivity index (χ0v) is 17.1. The van der Waals surface area contributed by atoms with Crippen LogP contribution in [-0.4, -0.2) is 39.3 Å². The third-order valence-electron chi connectivity index (χ3n) is 6.13. The smallest absolute Gasteiger partial charge is 0.399 e. The highest BCUT2D eigenvalue weighted by Crippen LogP contribution is 2.39. The van der Waals surface area contributed by atoms with Crippen molar-refractivity contribution in [2.24, 2.45) is 0 Å². The molecule has 4 rings (SSSR count). The van der Waals surface area contributed by atoms with Gasteiger partial charge in [0.1, 0.15) is 11.6 Å². The zero-order valence-electron chi connectivity index (χ0n) is 17.1. The van der Waals surface area contributed by atoms with Crippen LogP contribution in [0.4, 0.5) is 8.78 Å². The van der Waals surface area contributed by atoms with Gasteiger partial charge in [0.25, 0.3) is 11.8 Å². The summed E-state index contributed by atoms with van der Waals surface area (Å²) in [5.74, 6) is -5.29. The van der Waals surface area contributed by atoms with Gasteiger partial charge in [0.2, 0.25) is 0 Å². The molecule has 0 saturated carbocycles. The van der Waals surface area contributed by atoms with Gasteiger partial charge in [-0.3, -0.25) is 9.69 Å². The molecule has 158 valence electrons. The van der Waals surface area contributed by atoms with Crippen molar-refractivity contribution >= 4 is 18.5 Å². The lowest BCUT2D eigenvalue weighted by Gasteiger charge is -2.32. The number of carbonyl (C=O) groups is 1. The van der Waals surface area contributed by atoms with Crippen molar-refractivity contribution in [2.75, 3.05) is 0 Å². The lowest BCUT2D eigenvalue weighted by atomic mass is 9.78. The molecular weight excluding hydrogens is 395 g/mol. The lowest BCUT2D eigenvalue weighted by molar-refractivity contribution is -0.254. The van der Waals surface area contributed by atoms with E-state index >= 15 is 0 Å². The van der Waals surface area contributed by atoms with Crippen LogP contribution in [0.5, 0.6) is 0 Å². The first kappa shape index (κ1) is 20.9. The Balaban J connectivity index is 1.60. The van der Waals surface area contributed by atoms with E-state index in [1.165, 1.54) is 24.3 Å². The topological polar surface area (TPSA) is 79.2 Å². The molecule has 9 heteroatoms. The third kappa shape index (κ3) is 3.04. The van der Waals surface area contributed by atoms with Crippen LogP contribution in [0.25, 0.3) is 0 Å². The Kier molecular flexibility index (Phi) is 4.59. The van der Waals surface area contributed by atoms with E-state index < -0.39 is 53.9 Å². The van der Waals surface area contributed by atoms with E-state index in [-0.39, 0.29) is 11.1 Å². The number of fused-ring (bicyclic) bond motifs is 1. The predicted molar refractivity (Wildman–Crippen MR) is 105 cm³/mol. The summed E-state index contributed by atoms with van der Waals surface area (Å²) in [5, 5.41) is 20.8. The molecule has 2 N–H and O–H groups in total. The molecule has 1 fully saturated rings. The number of hydrogen-bond acceptors (Lipinski definition) is 5. The average Bonchev–Trinajstić information content (AvgIpc) is 2.97. The van der Waals surface area contributed by atoms with Crippen molar-refractivity contribution in [2.45, 2.75) is 51.4 Å². The summed E-state index contributed by atoms with van der Waals surface area (Å²) in [6.45, 7) is 7.08. The first-order chi connectivity index (χ1) is 13.8. The van der Waals surface area contributed by atoms with E-state index in [2.05, 4.69) is 0 Å². The third-order valence-corrected chi connectivity index (χ3v) is 6.13. The molecular formula is C21H22BF2NO5. The van der Waals surface area contributed by atoms with E-state index in [1.807, 2.05) is 27.7 Å². The molecule has 0 radical (unpaired) electrons. The largest absolute Gasteiger partial charge is 0.494 e. The number of nitrogens with zero attached hydrogens (tertiary/aromatic N) is 1. The number of carbonyl (C=O) groups excluding carboxylic acids is 1. The van der Waals surface area contributed by atoms with Gasteiger partial charge in [-0.2, -0.15) is 0 Å². The predicted octanol–water partition coefficient (Wildman–Crippen LogP) is 2.01. The van der Waals surface area contributed by atoms with Crippen molar-refractivity contribution in [1.29, 1.82) is 0 Å². The minimum absolute atomic E-state index is 0.0318. The van der Waals surface area contributed by atoms with E-state index in [9.17, 15) is 23.8 Å². The van der Waals surface area contributed by atoms with Crippen molar-refractivity contribution < 1.29 is 33.1 Å². The van der Waals surface area contributed by atoms with Gasteiger partial charge in [-0.25, -0.2) is 8.78 Å². The molecule has 2 aliphatic heterocycles. The molecule has 2 aromatic rings. The van der Waals surface area contributed by atoms with Crippen LogP contribution < -0.4 is 5.46 Å². The Morgan fingerprint density at radius 2 is 1.63 bits per heavy atom. The molecule has 0 atom stereocenters. The second kappa shape index (κ2) is 6.59. The van der Waals surface area contributed by atoms with Gasteiger partial charge in [-0.05, 0) is 51.4 Å². The van der Waals surface area contributed by atoms with Gasteiger partial charge in [-0.1, -0.05) is 18.2 Å². The zero-order chi connectivity index (χ0) is 22.1. The van der Waals surface area contributed by atoms with Crippen LogP contribution in [0.3, 0.4) is 0 Å². The summed E-state index contributed by atoms with van der Waals surface area (Å²) in [7, 11) is -0.764. The van der Waals surface area contributed by atoms with Gasteiger partial charge < -0.3 is 19.5 Å². The number of hydrogen-bond donors (Lipinski definition) is 2. The molecule has 1 amide bonds. The lowest BCUT2D eigenvalue weighted by Crippen LogP contribution is -2.43. The monoisotopic (exact) mass is 417 g/mol. The van der Waals surface area contributed by atoms with Gasteiger partial charge >= 0.3 is 7.12 Å². The Bertz CT molecular complexity index is 1020. The van der Waals surface area contributed by atoms with Crippen LogP contribution in [0.2, 0.25) is 0 Å². The van der Waals surface area contributed by atoms with Gasteiger partial charge in [-0.15, -0.1) is 0 Å². The summed E-state index contributed by atoms with van der Waals surface area (Å²) >= 11 is 0. The average molecular weight is 417 g/mol. The van der Waals surface area contributed by atoms with Crippen LogP contribution in [0, 0.1) is 11.6 Å². The molecule has 0 bridgehead atoms. The Labute approximate surface area is 173 Å². The maximum absolute atomic E-state index is 14.8. The Morgan fingerprint density at radius 3 is 2.20 bits per heavy atom. The molecule has 0 aliphatic carbocycles. The fraction of sp³-hybridized carbons (Fsp3) is 0.381. The van der Waals surface area contributed by atoms with Gasteiger partial charge in [0, 0.05) is 5.56 Å². The normalized spacial score (nSPS) is 21.3. The van der Waals surface area contributed by atoms with Crippen LogP contribution in [0.1, 0.15) is 49.2 Å². The minimum atomic E-state index is -2.88. The number of aliphatic hydroxyl groups is 2. The van der Waals surface area contributed by atoms with E-state index in [0.717, 1.165) is 6.07 Å². The SMILES string of the molecule is CC1(C)OB(c2ccc(CN3C(=O)c4cccc(F)c4C3(O)O)c(F)c2)OC1(C)C. The molecule has 1 saturated heterocycles. The molecule has 30 heavy (non-hydrogen) atoms. The molecule has 6 nitrogen and oxygen atoms in total. The molecule has 2 aliphatic rings. The maximum atomic E-state index is 14.8. The number of amides is 1. The summed E-state index contributed by atoms with van der Waals surface area (Å²) in [4.78, 5) is 13.2. The fourth-order valence-corrected chi connectivity index (χ4v) is 3.64. The van der Waals surface area contributed by atoms with E-state index in [4.69, 9.17) is 9.31 Å². The van der Waals surface area contributed by atoms with Crippen LogP contribution in [-0.2, 0) is 21.8 Å². The highest BCUT2D eigenvalue weighted by molar-refractivity contribution is 6.62. The standard InChI is InChI=1S/C21H22BF2NO5/c1-19(2)20(3,4)30-22(29-19)13-9-8-12(16(24)10-13)11-25-18(26)14-6-5-7-15(23)17(14)21(25,27)28/h5-10,27-28H,11H2,1-4H3. The highest BCUT2D eigenvalue weighted by atomic mass is 19.1. The molecule has 2 heterocycles. The van der Waals surface area contributed by atoms with Crippen molar-refractivity contribution in [3.8, 4) is 0 Å². The number of rotatable bonds is 3. The number of benzene rings is 2. The van der Waals surface area contributed by atoms with Crippen molar-refractivity contribution in [1.82, 2.24) is 4.90 Å². The summed E-state index contributed by atoms with van der Waals surface area (Å²) in [6.07, 6.45) is 0. The molecule has 0 spiro atoms. The maximum Gasteiger partial charge on any atom is 0.494 e. The number of halogens is 2. The molecule has 0 aromatic heterocycles. The van der Waals surface area contributed by atoms with Crippen molar-refractivity contribution in [3.63, 3.8) is 0 Å². The van der Waals surface area contributed by atoms with E-state index in [0.29, 0.717) is 10.4 Å². The van der Waals surface area contributed by atoms with Gasteiger partial charge in [0.15, 0.2) is 0 Å². The van der Waals surface area contributed by atoms with Gasteiger partial charge in [0.05, 0.1) is 28.9 Å². The minimum Gasteiger partial charge on any atom is -0.399 e. The highest BCUT2D eigenvalue weighted by Gasteiger charge is 2.52. The molecule has 0 unspecified atom stereocenters. The van der Waals surface area contributed by atoms with Crippen LogP contribution >= 0.6 is 0 Å². The Hall–Kier alpha value is -2.33. The first-order valence-electron chi connectivity index (χ1n) is 9.55. The Morgan fingerprint density at radius 1 is 1.00 bits per heavy atom. The summed E-state index contributed by atoms with van der Waals surface area (Å²) in [6, 6.07) is 7.84. The van der Waals surface area contributed by atoms with Crippen LogP contribution in [0.15, 0.2) is 36.4 Å². The van der Waals surface area contributed by atoms with Crippen molar-refractivity contribution in [3.05, 3.63) is 64.7 Å². The fourth-order valence-electron chi connectivity index (χ4n) is 3.64.